The van der Waals surface area contributed by atoms with Crippen LogP contribution in [0.25, 0.3) is 0 Å². The first-order valence-corrected chi connectivity index (χ1v) is 8.73. The second-order valence-corrected chi connectivity index (χ2v) is 6.17. The van der Waals surface area contributed by atoms with Crippen LogP contribution in [0.15, 0.2) is 12.3 Å². The van der Waals surface area contributed by atoms with Crippen LogP contribution in [0, 0.1) is 0 Å². The summed E-state index contributed by atoms with van der Waals surface area (Å²) >= 11 is 0. The van der Waals surface area contributed by atoms with Crippen molar-refractivity contribution in [3.8, 4) is 5.88 Å². The molecular formula is C17H26F3N3O2. The molecule has 0 N–H and O–H groups in total. The SMILES string of the molecule is CC.COCC12CCCN1C(COc1ccnc(C(F)(F)F)n1)CC2. The number of halogens is 3. The Bertz CT molecular complexity index is 556. The average molecular weight is 361 g/mol. The zero-order valence-corrected chi connectivity index (χ0v) is 15.0. The van der Waals surface area contributed by atoms with Crippen LogP contribution in [-0.2, 0) is 10.9 Å². The number of fused-ring (bicyclic) bond motifs is 1. The molecule has 0 radical (unpaired) electrons. The van der Waals surface area contributed by atoms with Crippen LogP contribution in [0.4, 0.5) is 13.2 Å². The van der Waals surface area contributed by atoms with Crippen LogP contribution >= 0.6 is 0 Å². The van der Waals surface area contributed by atoms with Crippen molar-refractivity contribution >= 4 is 0 Å². The Balaban J connectivity index is 0.00000109. The topological polar surface area (TPSA) is 47.5 Å². The lowest BCUT2D eigenvalue weighted by molar-refractivity contribution is -0.145. The minimum atomic E-state index is -4.56. The van der Waals surface area contributed by atoms with Gasteiger partial charge in [0.15, 0.2) is 0 Å². The molecule has 142 valence electrons. The summed E-state index contributed by atoms with van der Waals surface area (Å²) in [6.07, 6.45) is 0.724. The fraction of sp³-hybridized carbons (Fsp3) is 0.765. The van der Waals surface area contributed by atoms with E-state index in [2.05, 4.69) is 14.9 Å². The van der Waals surface area contributed by atoms with Crippen LogP contribution in [0.1, 0.15) is 45.4 Å². The highest BCUT2D eigenvalue weighted by Crippen LogP contribution is 2.42. The molecule has 2 unspecified atom stereocenters. The quantitative estimate of drug-likeness (QED) is 0.803. The van der Waals surface area contributed by atoms with Crippen LogP contribution in [0.2, 0.25) is 0 Å². The lowest BCUT2D eigenvalue weighted by Crippen LogP contribution is -2.47. The average Bonchev–Trinajstić information content (AvgIpc) is 3.14. The number of methoxy groups -OCH3 is 1. The maximum Gasteiger partial charge on any atom is 0.451 e. The summed E-state index contributed by atoms with van der Waals surface area (Å²) in [6, 6.07) is 1.55. The Morgan fingerprint density at radius 3 is 2.76 bits per heavy atom. The highest BCUT2D eigenvalue weighted by Gasteiger charge is 2.49. The lowest BCUT2D eigenvalue weighted by atomic mass is 9.95. The summed E-state index contributed by atoms with van der Waals surface area (Å²) in [5, 5.41) is 0. The van der Waals surface area contributed by atoms with Gasteiger partial charge in [-0.1, -0.05) is 13.8 Å². The second-order valence-electron chi connectivity index (χ2n) is 6.17. The Hall–Kier alpha value is -1.41. The van der Waals surface area contributed by atoms with E-state index in [0.717, 1.165) is 38.4 Å². The molecule has 5 nitrogen and oxygen atoms in total. The van der Waals surface area contributed by atoms with E-state index in [1.54, 1.807) is 7.11 Å². The Morgan fingerprint density at radius 2 is 2.08 bits per heavy atom. The third kappa shape index (κ3) is 4.41. The Morgan fingerprint density at radius 1 is 1.32 bits per heavy atom. The minimum Gasteiger partial charge on any atom is -0.476 e. The molecule has 2 atom stereocenters. The van der Waals surface area contributed by atoms with Gasteiger partial charge in [0.25, 0.3) is 0 Å². The summed E-state index contributed by atoms with van der Waals surface area (Å²) in [5.74, 6) is -1.20. The van der Waals surface area contributed by atoms with Crippen LogP contribution in [-0.4, -0.2) is 53.3 Å². The molecular weight excluding hydrogens is 335 g/mol. The van der Waals surface area contributed by atoms with E-state index >= 15 is 0 Å². The first kappa shape index (κ1) is 19.9. The molecule has 0 spiro atoms. The number of nitrogens with zero attached hydrogens (tertiary/aromatic N) is 3. The smallest absolute Gasteiger partial charge is 0.451 e. The minimum absolute atomic E-state index is 0.0317. The van der Waals surface area contributed by atoms with Gasteiger partial charge in [0.05, 0.1) is 6.61 Å². The maximum atomic E-state index is 12.6. The monoisotopic (exact) mass is 361 g/mol. The van der Waals surface area contributed by atoms with Gasteiger partial charge in [0, 0.05) is 31.0 Å². The van der Waals surface area contributed by atoms with E-state index in [1.807, 2.05) is 13.8 Å². The standard InChI is InChI=1S/C15H20F3N3O2.C2H6/c1-22-10-14-5-2-8-21(14)11(3-6-14)9-23-12-4-7-19-13(20-12)15(16,17)18;1-2/h4,7,11H,2-3,5-6,8-10H2,1H3;1-2H3. The van der Waals surface area contributed by atoms with E-state index in [4.69, 9.17) is 9.47 Å². The molecule has 3 heterocycles. The van der Waals surface area contributed by atoms with Crippen molar-refractivity contribution in [1.29, 1.82) is 0 Å². The number of ether oxygens (including phenoxy) is 2. The fourth-order valence-electron chi connectivity index (χ4n) is 3.80. The predicted molar refractivity (Wildman–Crippen MR) is 87.4 cm³/mol. The third-order valence-corrected chi connectivity index (χ3v) is 4.75. The molecule has 2 saturated heterocycles. The number of hydrogen-bond donors (Lipinski definition) is 0. The molecule has 1 aromatic rings. The molecule has 0 bridgehead atoms. The summed E-state index contributed by atoms with van der Waals surface area (Å²) in [6.45, 7) is 6.00. The van der Waals surface area contributed by atoms with Crippen molar-refractivity contribution in [2.45, 2.75) is 57.3 Å². The third-order valence-electron chi connectivity index (χ3n) is 4.75. The van der Waals surface area contributed by atoms with Crippen LogP contribution in [0.3, 0.4) is 0 Å². The van der Waals surface area contributed by atoms with E-state index < -0.39 is 12.0 Å². The molecule has 0 aliphatic carbocycles. The maximum absolute atomic E-state index is 12.6. The first-order chi connectivity index (χ1) is 11.9. The lowest BCUT2D eigenvalue weighted by Gasteiger charge is -2.34. The van der Waals surface area contributed by atoms with Crippen molar-refractivity contribution < 1.29 is 22.6 Å². The van der Waals surface area contributed by atoms with Gasteiger partial charge in [0.1, 0.15) is 6.61 Å². The van der Waals surface area contributed by atoms with Crippen LogP contribution in [0.5, 0.6) is 5.88 Å². The second kappa shape index (κ2) is 8.31. The predicted octanol–water partition coefficient (Wildman–Crippen LogP) is 3.54. The van der Waals surface area contributed by atoms with Crippen molar-refractivity contribution in [2.24, 2.45) is 0 Å². The van der Waals surface area contributed by atoms with Gasteiger partial charge < -0.3 is 9.47 Å². The summed E-state index contributed by atoms with van der Waals surface area (Å²) in [7, 11) is 1.70. The number of rotatable bonds is 5. The summed E-state index contributed by atoms with van der Waals surface area (Å²) < 4.78 is 48.7. The van der Waals surface area contributed by atoms with E-state index in [-0.39, 0.29) is 17.5 Å². The molecule has 1 aromatic heterocycles. The largest absolute Gasteiger partial charge is 0.476 e. The normalized spacial score (nSPS) is 26.1. The van der Waals surface area contributed by atoms with E-state index in [1.165, 1.54) is 6.07 Å². The molecule has 2 aliphatic heterocycles. The molecule has 8 heteroatoms. The van der Waals surface area contributed by atoms with E-state index in [0.29, 0.717) is 13.2 Å². The van der Waals surface area contributed by atoms with Gasteiger partial charge in [-0.15, -0.1) is 0 Å². The van der Waals surface area contributed by atoms with Gasteiger partial charge in [-0.2, -0.15) is 18.2 Å². The van der Waals surface area contributed by atoms with Crippen molar-refractivity contribution in [2.75, 3.05) is 26.9 Å². The number of hydrogen-bond acceptors (Lipinski definition) is 5. The highest BCUT2D eigenvalue weighted by atomic mass is 19.4. The number of aromatic nitrogens is 2. The fourth-order valence-corrected chi connectivity index (χ4v) is 3.80. The van der Waals surface area contributed by atoms with Gasteiger partial charge >= 0.3 is 6.18 Å². The van der Waals surface area contributed by atoms with Crippen molar-refractivity contribution in [3.05, 3.63) is 18.1 Å². The Kier molecular flexibility index (Phi) is 6.62. The molecule has 0 aromatic carbocycles. The van der Waals surface area contributed by atoms with Gasteiger partial charge in [-0.3, -0.25) is 4.90 Å². The molecule has 3 rings (SSSR count). The number of alkyl halides is 3. The zero-order chi connectivity index (χ0) is 18.5. The zero-order valence-electron chi connectivity index (χ0n) is 15.0. The molecule has 0 saturated carbocycles. The molecule has 0 amide bonds. The summed E-state index contributed by atoms with van der Waals surface area (Å²) in [5.41, 5.74) is 0.0750. The highest BCUT2D eigenvalue weighted by molar-refractivity contribution is 5.11. The Labute approximate surface area is 146 Å². The van der Waals surface area contributed by atoms with Crippen molar-refractivity contribution in [1.82, 2.24) is 14.9 Å². The van der Waals surface area contributed by atoms with E-state index in [9.17, 15) is 13.2 Å². The summed E-state index contributed by atoms with van der Waals surface area (Å²) in [4.78, 5) is 9.07. The molecule has 2 fully saturated rings. The first-order valence-electron chi connectivity index (χ1n) is 8.73. The van der Waals surface area contributed by atoms with Gasteiger partial charge in [-0.05, 0) is 32.2 Å². The van der Waals surface area contributed by atoms with Gasteiger partial charge in [0.2, 0.25) is 11.7 Å². The molecule has 25 heavy (non-hydrogen) atoms. The van der Waals surface area contributed by atoms with Crippen molar-refractivity contribution in [3.63, 3.8) is 0 Å². The molecule has 2 aliphatic rings. The van der Waals surface area contributed by atoms with Crippen LogP contribution < -0.4 is 4.74 Å². The van der Waals surface area contributed by atoms with Gasteiger partial charge in [-0.25, -0.2) is 4.98 Å².